The lowest BCUT2D eigenvalue weighted by Crippen LogP contribution is -2.44. The number of aryl methyl sites for hydroxylation is 1. The number of ether oxygens (including phenoxy) is 1. The lowest BCUT2D eigenvalue weighted by molar-refractivity contribution is -0.139. The number of hydrogen-bond donors (Lipinski definition) is 1. The average Bonchev–Trinajstić information content (AvgIpc) is 2.84. The van der Waals surface area contributed by atoms with Gasteiger partial charge in [0.25, 0.3) is 0 Å². The van der Waals surface area contributed by atoms with Crippen molar-refractivity contribution in [2.75, 3.05) is 6.61 Å². The molecule has 1 heterocycles. The number of nitrogens with zero attached hydrogens (tertiary/aromatic N) is 1. The van der Waals surface area contributed by atoms with Gasteiger partial charge in [-0.3, -0.25) is 0 Å². The number of hydrogen-bond acceptors (Lipinski definition) is 5. The minimum Gasteiger partial charge on any atom is -0.512 e. The van der Waals surface area contributed by atoms with E-state index in [0.717, 1.165) is 5.56 Å². The second kappa shape index (κ2) is 10.2. The molecule has 3 aromatic carbocycles. The third-order valence-electron chi connectivity index (χ3n) is 5.99. The molecule has 1 aliphatic heterocycles. The van der Waals surface area contributed by atoms with Crippen LogP contribution in [-0.2, 0) is 19.6 Å². The summed E-state index contributed by atoms with van der Waals surface area (Å²) in [7, 11) is -4.14. The van der Waals surface area contributed by atoms with E-state index in [9.17, 15) is 18.3 Å². The van der Waals surface area contributed by atoms with E-state index in [4.69, 9.17) is 16.3 Å². The standard InChI is InChI=1S/C27H26ClNO5S/c1-3-34-27(31)25-24(30)17-23(19-11-13-21(28)14-12-19)29(26(25)20-7-5-4-6-8-20)35(32,33)22-15-9-18(2)10-16-22/h4-16,23,26,30H,3,17H2,1-2H3/t23-,26-/m1/s1. The summed E-state index contributed by atoms with van der Waals surface area (Å²) >= 11 is 6.09. The van der Waals surface area contributed by atoms with E-state index in [2.05, 4.69) is 0 Å². The Balaban J connectivity index is 2.00. The van der Waals surface area contributed by atoms with E-state index in [1.54, 1.807) is 85.8 Å². The maximum atomic E-state index is 14.2. The van der Waals surface area contributed by atoms with Crippen molar-refractivity contribution in [3.8, 4) is 0 Å². The van der Waals surface area contributed by atoms with Gasteiger partial charge in [-0.05, 0) is 49.2 Å². The predicted molar refractivity (Wildman–Crippen MR) is 134 cm³/mol. The molecule has 3 aromatic rings. The second-order valence-corrected chi connectivity index (χ2v) is 10.6. The molecule has 4 rings (SSSR count). The van der Waals surface area contributed by atoms with Crippen LogP contribution in [0.15, 0.2) is 95.1 Å². The van der Waals surface area contributed by atoms with Gasteiger partial charge in [0.1, 0.15) is 5.76 Å². The predicted octanol–water partition coefficient (Wildman–Crippen LogP) is 5.90. The minimum absolute atomic E-state index is 0.0843. The number of halogens is 1. The van der Waals surface area contributed by atoms with Gasteiger partial charge in [0.2, 0.25) is 10.0 Å². The molecule has 182 valence electrons. The number of esters is 1. The summed E-state index contributed by atoms with van der Waals surface area (Å²) in [5.41, 5.74) is 2.01. The average molecular weight is 512 g/mol. The van der Waals surface area contributed by atoms with Crippen LogP contribution >= 0.6 is 11.6 Å². The fourth-order valence-electron chi connectivity index (χ4n) is 4.32. The molecule has 0 amide bonds. The first kappa shape index (κ1) is 25.0. The maximum absolute atomic E-state index is 14.2. The molecule has 2 atom stereocenters. The van der Waals surface area contributed by atoms with Gasteiger partial charge in [0.05, 0.1) is 29.2 Å². The van der Waals surface area contributed by atoms with Crippen LogP contribution in [0.5, 0.6) is 0 Å². The van der Waals surface area contributed by atoms with E-state index in [1.165, 1.54) is 4.31 Å². The molecule has 0 unspecified atom stereocenters. The highest BCUT2D eigenvalue weighted by Gasteiger charge is 2.47. The molecule has 0 saturated heterocycles. The van der Waals surface area contributed by atoms with E-state index in [0.29, 0.717) is 16.1 Å². The Bertz CT molecular complexity index is 1340. The van der Waals surface area contributed by atoms with Crippen LogP contribution in [0.1, 0.15) is 42.1 Å². The Kier molecular flexibility index (Phi) is 7.31. The quantitative estimate of drug-likeness (QED) is 0.416. The highest BCUT2D eigenvalue weighted by atomic mass is 35.5. The smallest absolute Gasteiger partial charge is 0.339 e. The number of carbonyl (C=O) groups excluding carboxylic acids is 1. The van der Waals surface area contributed by atoms with Crippen LogP contribution in [0, 0.1) is 6.92 Å². The molecule has 8 heteroatoms. The van der Waals surface area contributed by atoms with Crippen LogP contribution in [-0.4, -0.2) is 30.4 Å². The van der Waals surface area contributed by atoms with Crippen molar-refractivity contribution in [1.29, 1.82) is 0 Å². The third kappa shape index (κ3) is 4.98. The van der Waals surface area contributed by atoms with Gasteiger partial charge >= 0.3 is 5.97 Å². The molecular formula is C27H26ClNO5S. The van der Waals surface area contributed by atoms with Crippen molar-refractivity contribution in [3.05, 3.63) is 112 Å². The fourth-order valence-corrected chi connectivity index (χ4v) is 6.21. The summed E-state index contributed by atoms with van der Waals surface area (Å²) in [5, 5.41) is 11.6. The van der Waals surface area contributed by atoms with Crippen molar-refractivity contribution in [3.63, 3.8) is 0 Å². The van der Waals surface area contributed by atoms with Crippen molar-refractivity contribution >= 4 is 27.6 Å². The zero-order valence-corrected chi connectivity index (χ0v) is 21.0. The number of rotatable bonds is 6. The topological polar surface area (TPSA) is 83.9 Å². The zero-order valence-electron chi connectivity index (χ0n) is 19.4. The molecule has 0 spiro atoms. The van der Waals surface area contributed by atoms with Crippen LogP contribution < -0.4 is 0 Å². The van der Waals surface area contributed by atoms with Gasteiger partial charge in [-0.25, -0.2) is 13.2 Å². The van der Waals surface area contributed by atoms with Crippen molar-refractivity contribution in [2.24, 2.45) is 0 Å². The maximum Gasteiger partial charge on any atom is 0.339 e. The number of carbonyl (C=O) groups is 1. The lowest BCUT2D eigenvalue weighted by Gasteiger charge is -2.41. The molecule has 0 bridgehead atoms. The largest absolute Gasteiger partial charge is 0.512 e. The van der Waals surface area contributed by atoms with E-state index >= 15 is 0 Å². The zero-order chi connectivity index (χ0) is 25.2. The molecule has 6 nitrogen and oxygen atoms in total. The molecule has 1 aliphatic rings. The Morgan fingerprint density at radius 3 is 2.23 bits per heavy atom. The summed E-state index contributed by atoms with van der Waals surface area (Å²) in [6, 6.07) is 20.3. The van der Waals surface area contributed by atoms with Crippen molar-refractivity contribution in [1.82, 2.24) is 4.31 Å². The summed E-state index contributed by atoms with van der Waals surface area (Å²) < 4.78 is 35.0. The first-order valence-electron chi connectivity index (χ1n) is 11.2. The molecular weight excluding hydrogens is 486 g/mol. The first-order valence-corrected chi connectivity index (χ1v) is 13.1. The molecule has 0 saturated carbocycles. The molecule has 0 aromatic heterocycles. The van der Waals surface area contributed by atoms with Crippen LogP contribution in [0.4, 0.5) is 0 Å². The van der Waals surface area contributed by atoms with E-state index < -0.39 is 28.1 Å². The highest BCUT2D eigenvalue weighted by Crippen LogP contribution is 2.48. The number of aliphatic hydroxyl groups is 1. The van der Waals surface area contributed by atoms with Crippen LogP contribution in [0.25, 0.3) is 0 Å². The summed E-state index contributed by atoms with van der Waals surface area (Å²) in [4.78, 5) is 13.1. The van der Waals surface area contributed by atoms with Crippen molar-refractivity contribution in [2.45, 2.75) is 37.2 Å². The lowest BCUT2D eigenvalue weighted by atomic mass is 9.88. The van der Waals surface area contributed by atoms with Gasteiger partial charge in [0, 0.05) is 11.4 Å². The number of aliphatic hydroxyl groups excluding tert-OH is 1. The Morgan fingerprint density at radius 2 is 1.63 bits per heavy atom. The SMILES string of the molecule is CCOC(=O)C1=C(O)C[C@H](c2ccc(Cl)cc2)N(S(=O)(=O)c2ccc(C)cc2)[C@@H]1c1ccccc1. The van der Waals surface area contributed by atoms with Gasteiger partial charge in [-0.2, -0.15) is 4.31 Å². The van der Waals surface area contributed by atoms with E-state index in [-0.39, 0.29) is 29.3 Å². The van der Waals surface area contributed by atoms with Gasteiger partial charge in [0.15, 0.2) is 0 Å². The molecule has 1 N–H and O–H groups in total. The molecule has 0 radical (unpaired) electrons. The monoisotopic (exact) mass is 511 g/mol. The molecule has 0 fully saturated rings. The minimum atomic E-state index is -4.14. The van der Waals surface area contributed by atoms with Gasteiger partial charge < -0.3 is 9.84 Å². The molecule has 0 aliphatic carbocycles. The summed E-state index contributed by atoms with van der Waals surface area (Å²) in [6.07, 6.45) is -0.0931. The highest BCUT2D eigenvalue weighted by molar-refractivity contribution is 7.89. The van der Waals surface area contributed by atoms with Gasteiger partial charge in [-0.1, -0.05) is 71.8 Å². The van der Waals surface area contributed by atoms with Gasteiger partial charge in [-0.15, -0.1) is 0 Å². The Morgan fingerprint density at radius 1 is 1.00 bits per heavy atom. The van der Waals surface area contributed by atoms with Crippen LogP contribution in [0.2, 0.25) is 5.02 Å². The first-order chi connectivity index (χ1) is 16.7. The Labute approximate surface area is 210 Å². The summed E-state index contributed by atoms with van der Waals surface area (Å²) in [6.45, 7) is 3.62. The summed E-state index contributed by atoms with van der Waals surface area (Å²) in [5.74, 6) is -0.954. The van der Waals surface area contributed by atoms with E-state index in [1.807, 2.05) is 6.92 Å². The number of sulfonamides is 1. The normalized spacial score (nSPS) is 18.9. The second-order valence-electron chi connectivity index (χ2n) is 8.31. The number of benzene rings is 3. The molecule has 35 heavy (non-hydrogen) atoms. The van der Waals surface area contributed by atoms with Crippen LogP contribution in [0.3, 0.4) is 0 Å². The fraction of sp³-hybridized carbons (Fsp3) is 0.222. The van der Waals surface area contributed by atoms with Crippen molar-refractivity contribution < 1.29 is 23.1 Å². The Hall–Kier alpha value is -3.13. The third-order valence-corrected chi connectivity index (χ3v) is 8.13.